The third kappa shape index (κ3) is 12.2. The highest BCUT2D eigenvalue weighted by molar-refractivity contribution is 5.74. The van der Waals surface area contributed by atoms with Gasteiger partial charge in [-0.2, -0.15) is 0 Å². The van der Waals surface area contributed by atoms with Gasteiger partial charge >= 0.3 is 12.0 Å². The van der Waals surface area contributed by atoms with Crippen molar-refractivity contribution in [2.24, 2.45) is 11.8 Å². The van der Waals surface area contributed by atoms with Crippen LogP contribution in [0.3, 0.4) is 0 Å². The number of aliphatic carboxylic acids is 1. The molecule has 0 saturated heterocycles. The van der Waals surface area contributed by atoms with Crippen LogP contribution in [0, 0.1) is 11.8 Å². The number of amides is 2. The minimum absolute atomic E-state index is 0.0228. The van der Waals surface area contributed by atoms with Gasteiger partial charge in [-0.05, 0) is 52.2 Å². The van der Waals surface area contributed by atoms with Gasteiger partial charge in [0.2, 0.25) is 0 Å². The molecular weight excluding hydrogens is 270 g/mol. The van der Waals surface area contributed by atoms with E-state index in [2.05, 4.69) is 29.4 Å². The molecule has 0 bridgehead atoms. The summed E-state index contributed by atoms with van der Waals surface area (Å²) in [6.07, 6.45) is 1.77. The van der Waals surface area contributed by atoms with Gasteiger partial charge in [0.25, 0.3) is 0 Å². The molecule has 0 aromatic carbocycles. The minimum atomic E-state index is -0.817. The van der Waals surface area contributed by atoms with Crippen molar-refractivity contribution in [3.63, 3.8) is 0 Å². The number of rotatable bonds is 10. The highest BCUT2D eigenvalue weighted by atomic mass is 16.4. The maximum Gasteiger partial charge on any atom is 0.315 e. The summed E-state index contributed by atoms with van der Waals surface area (Å²) in [6.45, 7) is 7.38. The molecule has 0 aliphatic carbocycles. The van der Waals surface area contributed by atoms with Crippen molar-refractivity contribution in [1.29, 1.82) is 0 Å². The molecule has 0 radical (unpaired) electrons. The molecule has 3 N–H and O–H groups in total. The second-order valence-electron chi connectivity index (χ2n) is 6.44. The van der Waals surface area contributed by atoms with E-state index < -0.39 is 5.97 Å². The van der Waals surface area contributed by atoms with Crippen LogP contribution in [0.2, 0.25) is 0 Å². The first-order chi connectivity index (χ1) is 9.70. The summed E-state index contributed by atoms with van der Waals surface area (Å²) >= 11 is 0. The predicted molar refractivity (Wildman–Crippen MR) is 84.4 cm³/mol. The van der Waals surface area contributed by atoms with Crippen LogP contribution in [-0.4, -0.2) is 55.2 Å². The molecular formula is C15H31N3O3. The Balaban J connectivity index is 4.08. The Labute approximate surface area is 128 Å². The highest BCUT2D eigenvalue weighted by Crippen LogP contribution is 2.14. The van der Waals surface area contributed by atoms with Gasteiger partial charge in [0, 0.05) is 19.0 Å². The predicted octanol–water partition coefficient (Wildman–Crippen LogP) is 1.76. The van der Waals surface area contributed by atoms with E-state index in [1.165, 1.54) is 0 Å². The van der Waals surface area contributed by atoms with Crippen molar-refractivity contribution in [1.82, 2.24) is 15.5 Å². The van der Waals surface area contributed by atoms with Crippen molar-refractivity contribution in [2.75, 3.05) is 27.2 Å². The molecule has 6 heteroatoms. The number of hydrogen-bond donors (Lipinski definition) is 3. The van der Waals surface area contributed by atoms with Crippen LogP contribution >= 0.6 is 0 Å². The molecule has 2 atom stereocenters. The lowest BCUT2D eigenvalue weighted by Gasteiger charge is -2.20. The molecule has 0 heterocycles. The lowest BCUT2D eigenvalue weighted by atomic mass is 9.94. The summed E-state index contributed by atoms with van der Waals surface area (Å²) in [5.74, 6) is -0.425. The molecule has 2 amide bonds. The first kappa shape index (κ1) is 19.7. The Bertz CT molecular complexity index is 319. The Kier molecular flexibility index (Phi) is 9.78. The van der Waals surface area contributed by atoms with Crippen LogP contribution in [0.4, 0.5) is 4.79 Å². The number of nitrogens with one attached hydrogen (secondary N) is 2. The van der Waals surface area contributed by atoms with E-state index >= 15 is 0 Å². The fraction of sp³-hybridized carbons (Fsp3) is 0.867. The van der Waals surface area contributed by atoms with E-state index in [9.17, 15) is 9.59 Å². The Morgan fingerprint density at radius 3 is 2.29 bits per heavy atom. The van der Waals surface area contributed by atoms with E-state index in [-0.39, 0.29) is 24.4 Å². The molecule has 0 aliphatic heterocycles. The molecule has 1 unspecified atom stereocenters. The highest BCUT2D eigenvalue weighted by Gasteiger charge is 2.16. The standard InChI is InChI=1S/C15H31N3O3/c1-11(2)8-13(9-14(19)20)10-16-15(21)17-12(3)6-7-18(4)5/h11-13H,6-10H2,1-5H3,(H,19,20)(H2,16,17,21)/t12?,13-/m0/s1. The van der Waals surface area contributed by atoms with Gasteiger partial charge in [0.15, 0.2) is 0 Å². The summed E-state index contributed by atoms with van der Waals surface area (Å²) in [5.41, 5.74) is 0. The normalized spacial score (nSPS) is 14.0. The van der Waals surface area contributed by atoms with Crippen molar-refractivity contribution in [2.45, 2.75) is 46.1 Å². The molecule has 0 aliphatic rings. The summed E-state index contributed by atoms with van der Waals surface area (Å²) in [7, 11) is 3.99. The van der Waals surface area contributed by atoms with E-state index in [1.54, 1.807) is 0 Å². The van der Waals surface area contributed by atoms with Crippen LogP contribution in [-0.2, 0) is 4.79 Å². The van der Waals surface area contributed by atoms with Gasteiger partial charge in [-0.1, -0.05) is 13.8 Å². The summed E-state index contributed by atoms with van der Waals surface area (Å²) in [6, 6.07) is -0.129. The van der Waals surface area contributed by atoms with Gasteiger partial charge in [-0.25, -0.2) is 4.79 Å². The number of hydrogen-bond acceptors (Lipinski definition) is 3. The minimum Gasteiger partial charge on any atom is -0.481 e. The van der Waals surface area contributed by atoms with Gasteiger partial charge in [-0.15, -0.1) is 0 Å². The van der Waals surface area contributed by atoms with E-state index in [4.69, 9.17) is 5.11 Å². The van der Waals surface area contributed by atoms with Crippen molar-refractivity contribution in [3.8, 4) is 0 Å². The number of nitrogens with zero attached hydrogens (tertiary/aromatic N) is 1. The summed E-state index contributed by atoms with van der Waals surface area (Å²) < 4.78 is 0. The van der Waals surface area contributed by atoms with Crippen LogP contribution in [0.1, 0.15) is 40.0 Å². The fourth-order valence-electron chi connectivity index (χ4n) is 2.19. The quantitative estimate of drug-likeness (QED) is 0.574. The molecule has 6 nitrogen and oxygen atoms in total. The third-order valence-electron chi connectivity index (χ3n) is 3.21. The summed E-state index contributed by atoms with van der Waals surface area (Å²) in [4.78, 5) is 24.7. The van der Waals surface area contributed by atoms with Gasteiger partial charge in [0.1, 0.15) is 0 Å². The zero-order chi connectivity index (χ0) is 16.4. The molecule has 0 saturated carbocycles. The first-order valence-corrected chi connectivity index (χ1v) is 7.61. The second kappa shape index (κ2) is 10.4. The lowest BCUT2D eigenvalue weighted by Crippen LogP contribution is -2.43. The summed E-state index contributed by atoms with van der Waals surface area (Å²) in [5, 5.41) is 14.6. The average molecular weight is 301 g/mol. The Hall–Kier alpha value is -1.30. The van der Waals surface area contributed by atoms with Crippen molar-refractivity contribution < 1.29 is 14.7 Å². The zero-order valence-corrected chi connectivity index (χ0v) is 14.0. The Morgan fingerprint density at radius 1 is 1.19 bits per heavy atom. The monoisotopic (exact) mass is 301 g/mol. The smallest absolute Gasteiger partial charge is 0.315 e. The van der Waals surface area contributed by atoms with Gasteiger partial charge in [-0.3, -0.25) is 4.79 Å². The largest absolute Gasteiger partial charge is 0.481 e. The zero-order valence-electron chi connectivity index (χ0n) is 14.0. The third-order valence-corrected chi connectivity index (χ3v) is 3.21. The number of carbonyl (C=O) groups excluding carboxylic acids is 1. The van der Waals surface area contributed by atoms with Crippen LogP contribution in [0.25, 0.3) is 0 Å². The molecule has 124 valence electrons. The van der Waals surface area contributed by atoms with E-state index in [0.717, 1.165) is 19.4 Å². The fourth-order valence-corrected chi connectivity index (χ4v) is 2.19. The average Bonchev–Trinajstić information content (AvgIpc) is 2.32. The van der Waals surface area contributed by atoms with Crippen LogP contribution < -0.4 is 10.6 Å². The number of carboxylic acid groups (broad SMARTS) is 1. The maximum absolute atomic E-state index is 11.8. The van der Waals surface area contributed by atoms with Gasteiger partial charge in [0.05, 0.1) is 0 Å². The van der Waals surface area contributed by atoms with Gasteiger partial charge < -0.3 is 20.6 Å². The maximum atomic E-state index is 11.8. The molecule has 0 rings (SSSR count). The molecule has 0 spiro atoms. The van der Waals surface area contributed by atoms with Crippen molar-refractivity contribution >= 4 is 12.0 Å². The molecule has 21 heavy (non-hydrogen) atoms. The number of carboxylic acids is 1. The Morgan fingerprint density at radius 2 is 1.81 bits per heavy atom. The lowest BCUT2D eigenvalue weighted by molar-refractivity contribution is -0.138. The van der Waals surface area contributed by atoms with Crippen LogP contribution in [0.5, 0.6) is 0 Å². The van der Waals surface area contributed by atoms with E-state index in [0.29, 0.717) is 12.5 Å². The van der Waals surface area contributed by atoms with Crippen LogP contribution in [0.15, 0.2) is 0 Å². The SMILES string of the molecule is CC(C)C[C@H](CNC(=O)NC(C)CCN(C)C)CC(=O)O. The van der Waals surface area contributed by atoms with E-state index in [1.807, 2.05) is 21.0 Å². The molecule has 0 aromatic rings. The molecule has 0 aromatic heterocycles. The topological polar surface area (TPSA) is 81.7 Å². The first-order valence-electron chi connectivity index (χ1n) is 7.61. The van der Waals surface area contributed by atoms with Crippen molar-refractivity contribution in [3.05, 3.63) is 0 Å². The number of urea groups is 1. The molecule has 0 fully saturated rings. The second-order valence-corrected chi connectivity index (χ2v) is 6.44. The number of carbonyl (C=O) groups is 2.